The summed E-state index contributed by atoms with van der Waals surface area (Å²) in [6.45, 7) is 0. The Morgan fingerprint density at radius 3 is 1.78 bits per heavy atom. The molecule has 0 N–H and O–H groups in total. The van der Waals surface area contributed by atoms with Gasteiger partial charge in [0.25, 0.3) is 0 Å². The average molecular weight is 707 g/mol. The molecule has 3 heterocycles. The lowest BCUT2D eigenvalue weighted by molar-refractivity contribution is 1.07. The lowest BCUT2D eigenvalue weighted by Crippen LogP contribution is -2.03. The molecule has 0 saturated heterocycles. The molecule has 252 valence electrons. The summed E-state index contributed by atoms with van der Waals surface area (Å²) in [7, 11) is 0. The molecule has 0 amide bonds. The van der Waals surface area contributed by atoms with Gasteiger partial charge in [0.05, 0.1) is 16.7 Å². The first kappa shape index (κ1) is 30.7. The van der Waals surface area contributed by atoms with Crippen molar-refractivity contribution >= 4 is 64.1 Å². The minimum Gasteiger partial charge on any atom is -0.309 e. The number of thiophene rings is 1. The van der Waals surface area contributed by atoms with Gasteiger partial charge in [0.2, 0.25) is 0 Å². The molecule has 0 aliphatic carbocycles. The summed E-state index contributed by atoms with van der Waals surface area (Å²) in [6, 6.07) is 64.3. The first-order valence-corrected chi connectivity index (χ1v) is 18.9. The number of hydrogen-bond donors (Lipinski definition) is 0. The van der Waals surface area contributed by atoms with E-state index in [0.29, 0.717) is 17.5 Å². The van der Waals surface area contributed by atoms with Gasteiger partial charge in [-0.2, -0.15) is 0 Å². The third kappa shape index (κ3) is 4.86. The van der Waals surface area contributed by atoms with Crippen molar-refractivity contribution in [3.63, 3.8) is 0 Å². The van der Waals surface area contributed by atoms with Crippen LogP contribution in [-0.2, 0) is 0 Å². The molecule has 0 bridgehead atoms. The van der Waals surface area contributed by atoms with Gasteiger partial charge >= 0.3 is 0 Å². The Balaban J connectivity index is 1.17. The number of fused-ring (bicyclic) bond motifs is 7. The highest BCUT2D eigenvalue weighted by atomic mass is 32.1. The molecule has 54 heavy (non-hydrogen) atoms. The fourth-order valence-electron chi connectivity index (χ4n) is 8.00. The summed E-state index contributed by atoms with van der Waals surface area (Å²) in [5.74, 6) is 1.92. The zero-order valence-corrected chi connectivity index (χ0v) is 29.8. The van der Waals surface area contributed by atoms with Gasteiger partial charge in [-0.25, -0.2) is 15.0 Å². The lowest BCUT2D eigenvalue weighted by Gasteiger charge is -2.15. The summed E-state index contributed by atoms with van der Waals surface area (Å²) < 4.78 is 4.76. The van der Waals surface area contributed by atoms with Crippen LogP contribution in [0.25, 0.3) is 104 Å². The maximum atomic E-state index is 5.34. The fraction of sp³-hybridized carbons (Fsp3) is 0. The third-order valence-corrected chi connectivity index (χ3v) is 11.7. The Bertz CT molecular complexity index is 3180. The molecule has 0 aliphatic heterocycles. The van der Waals surface area contributed by atoms with Gasteiger partial charge in [-0.1, -0.05) is 140 Å². The monoisotopic (exact) mass is 706 g/mol. The standard InChI is InChI=1S/C49H30N4S/c1-2-14-31(15-3-1)34-21-12-16-32-30-33(28-29-35(32)34)47-50-48(52-49(51-47)41-23-13-22-39-38-19-7-11-27-45(38)54-46(39)41)40-20-6-10-26-44(40)53-42-24-8-4-17-36(42)37-18-5-9-25-43(37)53/h1-30H. The largest absolute Gasteiger partial charge is 0.309 e. The van der Waals surface area contributed by atoms with Gasteiger partial charge in [-0.05, 0) is 64.4 Å². The van der Waals surface area contributed by atoms with Crippen LogP contribution >= 0.6 is 11.3 Å². The molecule has 0 fully saturated rings. The Morgan fingerprint density at radius 2 is 0.963 bits per heavy atom. The van der Waals surface area contributed by atoms with Crippen LogP contribution in [0, 0.1) is 0 Å². The molecule has 3 aromatic heterocycles. The topological polar surface area (TPSA) is 43.6 Å². The second-order valence-electron chi connectivity index (χ2n) is 13.6. The number of hydrogen-bond acceptors (Lipinski definition) is 4. The summed E-state index contributed by atoms with van der Waals surface area (Å²) >= 11 is 1.79. The molecule has 0 atom stereocenters. The minimum atomic E-state index is 0.628. The fourth-order valence-corrected chi connectivity index (χ4v) is 9.21. The van der Waals surface area contributed by atoms with Gasteiger partial charge in [-0.15, -0.1) is 11.3 Å². The van der Waals surface area contributed by atoms with Gasteiger partial charge in [0.15, 0.2) is 17.5 Å². The Labute approximate surface area is 315 Å². The van der Waals surface area contributed by atoms with Gasteiger partial charge in [0, 0.05) is 47.6 Å². The van der Waals surface area contributed by atoms with Crippen molar-refractivity contribution < 1.29 is 0 Å². The Morgan fingerprint density at radius 1 is 0.370 bits per heavy atom. The van der Waals surface area contributed by atoms with E-state index in [1.54, 1.807) is 11.3 Å². The van der Waals surface area contributed by atoms with Crippen LogP contribution in [-0.4, -0.2) is 19.5 Å². The van der Waals surface area contributed by atoms with Gasteiger partial charge in [-0.3, -0.25) is 0 Å². The van der Waals surface area contributed by atoms with E-state index in [-0.39, 0.29) is 0 Å². The van der Waals surface area contributed by atoms with Crippen molar-refractivity contribution in [1.29, 1.82) is 0 Å². The first-order chi connectivity index (χ1) is 26.8. The van der Waals surface area contributed by atoms with Crippen molar-refractivity contribution in [2.75, 3.05) is 0 Å². The summed E-state index contributed by atoms with van der Waals surface area (Å²) in [5, 5.41) is 7.20. The zero-order chi connectivity index (χ0) is 35.6. The van der Waals surface area contributed by atoms with Crippen molar-refractivity contribution in [2.45, 2.75) is 0 Å². The van der Waals surface area contributed by atoms with Crippen LogP contribution in [0.3, 0.4) is 0 Å². The lowest BCUT2D eigenvalue weighted by atomic mass is 9.97. The number of rotatable bonds is 5. The van der Waals surface area contributed by atoms with E-state index in [0.717, 1.165) is 38.8 Å². The second-order valence-corrected chi connectivity index (χ2v) is 14.6. The van der Waals surface area contributed by atoms with Crippen LogP contribution in [0.2, 0.25) is 0 Å². The first-order valence-electron chi connectivity index (χ1n) is 18.1. The Kier molecular flexibility index (Phi) is 7.00. The highest BCUT2D eigenvalue weighted by Gasteiger charge is 2.20. The van der Waals surface area contributed by atoms with Crippen LogP contribution in [0.4, 0.5) is 0 Å². The molecule has 0 unspecified atom stereocenters. The Hall–Kier alpha value is -6.95. The molecule has 0 saturated carbocycles. The van der Waals surface area contributed by atoms with E-state index in [2.05, 4.69) is 187 Å². The van der Waals surface area contributed by atoms with Crippen molar-refractivity contribution in [3.05, 3.63) is 182 Å². The molecule has 0 radical (unpaired) electrons. The molecule has 5 heteroatoms. The number of aromatic nitrogens is 4. The van der Waals surface area contributed by atoms with Crippen molar-refractivity contribution in [2.24, 2.45) is 0 Å². The molecule has 8 aromatic carbocycles. The molecule has 4 nitrogen and oxygen atoms in total. The van der Waals surface area contributed by atoms with Crippen molar-refractivity contribution in [1.82, 2.24) is 19.5 Å². The normalized spacial score (nSPS) is 11.7. The number of nitrogens with zero attached hydrogens (tertiary/aromatic N) is 4. The molecule has 11 rings (SSSR count). The van der Waals surface area contributed by atoms with Crippen LogP contribution in [0.1, 0.15) is 0 Å². The molecule has 0 aliphatic rings. The van der Waals surface area contributed by atoms with Gasteiger partial charge < -0.3 is 4.57 Å². The quantitative estimate of drug-likeness (QED) is 0.179. The number of benzene rings is 8. The van der Waals surface area contributed by atoms with Gasteiger partial charge in [0.1, 0.15) is 0 Å². The van der Waals surface area contributed by atoms with E-state index in [1.165, 1.54) is 47.5 Å². The predicted molar refractivity (Wildman–Crippen MR) is 226 cm³/mol. The van der Waals surface area contributed by atoms with E-state index in [1.807, 2.05) is 0 Å². The molecule has 0 spiro atoms. The summed E-state index contributed by atoms with van der Waals surface area (Å²) in [5.41, 5.74) is 8.56. The summed E-state index contributed by atoms with van der Waals surface area (Å²) in [6.07, 6.45) is 0. The van der Waals surface area contributed by atoms with Crippen LogP contribution in [0.15, 0.2) is 182 Å². The molecule has 11 aromatic rings. The zero-order valence-electron chi connectivity index (χ0n) is 29.0. The number of para-hydroxylation sites is 3. The SMILES string of the molecule is c1ccc(-c2cccc3cc(-c4nc(-c5ccccc5-n5c6ccccc6c6ccccc65)nc(-c5cccc6c5sc5ccccc56)n4)ccc23)cc1. The highest BCUT2D eigenvalue weighted by Crippen LogP contribution is 2.41. The van der Waals surface area contributed by atoms with Crippen LogP contribution < -0.4 is 0 Å². The highest BCUT2D eigenvalue weighted by molar-refractivity contribution is 7.26. The molecular formula is C49H30N4S. The maximum Gasteiger partial charge on any atom is 0.166 e. The van der Waals surface area contributed by atoms with E-state index >= 15 is 0 Å². The smallest absolute Gasteiger partial charge is 0.166 e. The minimum absolute atomic E-state index is 0.628. The third-order valence-electron chi connectivity index (χ3n) is 10.5. The maximum absolute atomic E-state index is 5.34. The summed E-state index contributed by atoms with van der Waals surface area (Å²) in [4.78, 5) is 15.9. The molecular weight excluding hydrogens is 677 g/mol. The second kappa shape index (κ2) is 12.3. The van der Waals surface area contributed by atoms with Crippen LogP contribution in [0.5, 0.6) is 0 Å². The average Bonchev–Trinajstić information content (AvgIpc) is 3.79. The van der Waals surface area contributed by atoms with E-state index in [9.17, 15) is 0 Å². The predicted octanol–water partition coefficient (Wildman–Crippen LogP) is 13.2. The van der Waals surface area contributed by atoms with Crippen molar-refractivity contribution in [3.8, 4) is 51.0 Å². The van der Waals surface area contributed by atoms with E-state index in [4.69, 9.17) is 15.0 Å². The van der Waals surface area contributed by atoms with E-state index < -0.39 is 0 Å².